The van der Waals surface area contributed by atoms with Crippen molar-refractivity contribution in [2.24, 2.45) is 0 Å². The molecule has 0 aromatic heterocycles. The number of likely N-dealkylation sites (N-methyl/N-ethyl adjacent to an activating group) is 1. The first-order valence-corrected chi connectivity index (χ1v) is 8.11. The molecule has 22 heavy (non-hydrogen) atoms. The molecule has 0 fully saturated rings. The van der Waals surface area contributed by atoms with Crippen LogP contribution in [0.25, 0.3) is 6.08 Å². The number of hydrogen-bond donors (Lipinski definition) is 0. The third kappa shape index (κ3) is 3.53. The van der Waals surface area contributed by atoms with E-state index in [1.807, 2.05) is 56.1 Å². The summed E-state index contributed by atoms with van der Waals surface area (Å²) in [7, 11) is 0. The van der Waals surface area contributed by atoms with E-state index < -0.39 is 0 Å². The molecule has 0 amide bonds. The molecule has 2 rings (SSSR count). The third-order valence-electron chi connectivity index (χ3n) is 3.77. The number of ether oxygens (including phenoxy) is 1. The summed E-state index contributed by atoms with van der Waals surface area (Å²) in [5, 5.41) is 0. The molecule has 1 aromatic rings. The lowest BCUT2D eigenvalue weighted by atomic mass is 9.99. The molecule has 3 nitrogen and oxygen atoms in total. The molecule has 0 aliphatic carbocycles. The molecular weight excluding hydrogens is 298 g/mol. The number of benzene rings is 1. The van der Waals surface area contributed by atoms with E-state index in [1.165, 1.54) is 0 Å². The fourth-order valence-electron chi connectivity index (χ4n) is 2.62. The van der Waals surface area contributed by atoms with E-state index in [0.29, 0.717) is 12.5 Å². The average Bonchev–Trinajstić information content (AvgIpc) is 2.84. The van der Waals surface area contributed by atoms with Crippen LogP contribution in [0.3, 0.4) is 0 Å². The van der Waals surface area contributed by atoms with Crippen LogP contribution in [-0.4, -0.2) is 30.1 Å². The Kier molecular flexibility index (Phi) is 5.67. The first-order valence-electron chi connectivity index (χ1n) is 7.58. The van der Waals surface area contributed by atoms with Gasteiger partial charge in [0.1, 0.15) is 0 Å². The van der Waals surface area contributed by atoms with E-state index in [9.17, 15) is 4.79 Å². The van der Waals surface area contributed by atoms with Crippen molar-refractivity contribution in [1.29, 1.82) is 0 Å². The maximum atomic E-state index is 12.3. The fourth-order valence-corrected chi connectivity index (χ4v) is 2.80. The minimum absolute atomic E-state index is 0.193. The largest absolute Gasteiger partial charge is 0.464 e. The summed E-state index contributed by atoms with van der Waals surface area (Å²) in [5.41, 5.74) is 4.24. The van der Waals surface area contributed by atoms with Gasteiger partial charge in [0.05, 0.1) is 6.61 Å². The standard InChI is InChI=1S/C18H22ClNO2/c1-4-20-12-13(3)16(17(20)18(21)22-5-2)10-14-6-8-15(11-19)9-7-14/h6-10,12,17H,4-5,11H2,1-3H3. The van der Waals surface area contributed by atoms with Crippen molar-refractivity contribution < 1.29 is 9.53 Å². The Morgan fingerprint density at radius 2 is 2.00 bits per heavy atom. The van der Waals surface area contributed by atoms with Gasteiger partial charge in [-0.3, -0.25) is 0 Å². The molecule has 0 bridgehead atoms. The van der Waals surface area contributed by atoms with Crippen molar-refractivity contribution in [2.45, 2.75) is 32.7 Å². The number of rotatable bonds is 5. The van der Waals surface area contributed by atoms with Crippen molar-refractivity contribution >= 4 is 23.6 Å². The molecule has 0 saturated heterocycles. The molecule has 1 unspecified atom stereocenters. The van der Waals surface area contributed by atoms with E-state index in [-0.39, 0.29) is 12.0 Å². The average molecular weight is 320 g/mol. The Morgan fingerprint density at radius 3 is 2.55 bits per heavy atom. The van der Waals surface area contributed by atoms with Crippen LogP contribution in [0.15, 0.2) is 41.6 Å². The molecule has 0 spiro atoms. The van der Waals surface area contributed by atoms with Crippen molar-refractivity contribution in [3.05, 3.63) is 52.7 Å². The lowest BCUT2D eigenvalue weighted by molar-refractivity contribution is -0.146. The zero-order valence-corrected chi connectivity index (χ0v) is 14.1. The summed E-state index contributed by atoms with van der Waals surface area (Å²) >= 11 is 5.82. The topological polar surface area (TPSA) is 29.5 Å². The first-order chi connectivity index (χ1) is 10.6. The van der Waals surface area contributed by atoms with Gasteiger partial charge in [0.25, 0.3) is 0 Å². The molecule has 118 valence electrons. The third-order valence-corrected chi connectivity index (χ3v) is 4.08. The second kappa shape index (κ2) is 7.50. The minimum atomic E-state index is -0.349. The Balaban J connectivity index is 2.33. The number of carbonyl (C=O) groups is 1. The molecule has 1 heterocycles. The van der Waals surface area contributed by atoms with Crippen LogP contribution < -0.4 is 0 Å². The molecule has 4 heteroatoms. The maximum absolute atomic E-state index is 12.3. The zero-order chi connectivity index (χ0) is 16.1. The van der Waals surface area contributed by atoms with E-state index in [0.717, 1.165) is 28.8 Å². The van der Waals surface area contributed by atoms with Crippen molar-refractivity contribution in [3.8, 4) is 0 Å². The van der Waals surface area contributed by atoms with Crippen molar-refractivity contribution in [1.82, 2.24) is 4.90 Å². The van der Waals surface area contributed by atoms with E-state index in [4.69, 9.17) is 16.3 Å². The van der Waals surface area contributed by atoms with Gasteiger partial charge in [-0.2, -0.15) is 0 Å². The van der Waals surface area contributed by atoms with Gasteiger partial charge >= 0.3 is 5.97 Å². The minimum Gasteiger partial charge on any atom is -0.464 e. The van der Waals surface area contributed by atoms with Gasteiger partial charge in [-0.15, -0.1) is 11.6 Å². The normalized spacial score (nSPS) is 19.5. The highest BCUT2D eigenvalue weighted by molar-refractivity contribution is 6.17. The molecule has 0 N–H and O–H groups in total. The fraction of sp³-hybridized carbons (Fsp3) is 0.389. The highest BCUT2D eigenvalue weighted by atomic mass is 35.5. The number of hydrogen-bond acceptors (Lipinski definition) is 3. The molecule has 0 radical (unpaired) electrons. The summed E-state index contributed by atoms with van der Waals surface area (Å²) in [6.45, 7) is 7.06. The maximum Gasteiger partial charge on any atom is 0.333 e. The van der Waals surface area contributed by atoms with Gasteiger partial charge in [0.15, 0.2) is 6.04 Å². The lowest BCUT2D eigenvalue weighted by Crippen LogP contribution is -2.37. The van der Waals surface area contributed by atoms with E-state index in [2.05, 4.69) is 6.08 Å². The monoisotopic (exact) mass is 319 g/mol. The van der Waals surface area contributed by atoms with Crippen molar-refractivity contribution in [2.75, 3.05) is 13.2 Å². The summed E-state index contributed by atoms with van der Waals surface area (Å²) < 4.78 is 5.24. The highest BCUT2D eigenvalue weighted by Gasteiger charge is 2.34. The Morgan fingerprint density at radius 1 is 1.32 bits per heavy atom. The second-order valence-corrected chi connectivity index (χ2v) is 5.54. The predicted molar refractivity (Wildman–Crippen MR) is 90.5 cm³/mol. The van der Waals surface area contributed by atoms with Gasteiger partial charge in [0.2, 0.25) is 0 Å². The van der Waals surface area contributed by atoms with Crippen LogP contribution in [0.1, 0.15) is 31.9 Å². The molecule has 1 aliphatic rings. The Bertz CT molecular complexity index is 590. The van der Waals surface area contributed by atoms with Gasteiger partial charge < -0.3 is 9.64 Å². The quantitative estimate of drug-likeness (QED) is 0.607. The number of nitrogens with zero attached hydrogens (tertiary/aromatic N) is 1. The van der Waals surface area contributed by atoms with Crippen LogP contribution in [0.2, 0.25) is 0 Å². The molecule has 1 aliphatic heterocycles. The van der Waals surface area contributed by atoms with Crippen LogP contribution in [0, 0.1) is 0 Å². The predicted octanol–water partition coefficient (Wildman–Crippen LogP) is 3.98. The van der Waals surface area contributed by atoms with Gasteiger partial charge in [0, 0.05) is 18.6 Å². The van der Waals surface area contributed by atoms with Gasteiger partial charge in [-0.25, -0.2) is 4.79 Å². The number of halogens is 1. The lowest BCUT2D eigenvalue weighted by Gasteiger charge is -2.23. The van der Waals surface area contributed by atoms with Crippen LogP contribution in [-0.2, 0) is 15.4 Å². The molecular formula is C18H22ClNO2. The SMILES string of the molecule is CCOC(=O)C1C(=Cc2ccc(CCl)cc2)C(C)=CN1CC. The number of alkyl halides is 1. The molecule has 0 saturated carbocycles. The van der Waals surface area contributed by atoms with Gasteiger partial charge in [-0.05, 0) is 49.1 Å². The van der Waals surface area contributed by atoms with E-state index in [1.54, 1.807) is 0 Å². The smallest absolute Gasteiger partial charge is 0.333 e. The van der Waals surface area contributed by atoms with Crippen molar-refractivity contribution in [3.63, 3.8) is 0 Å². The van der Waals surface area contributed by atoms with Crippen LogP contribution in [0.5, 0.6) is 0 Å². The number of carbonyl (C=O) groups excluding carboxylic acids is 1. The van der Waals surface area contributed by atoms with Crippen LogP contribution >= 0.6 is 11.6 Å². The first kappa shape index (κ1) is 16.6. The van der Waals surface area contributed by atoms with E-state index >= 15 is 0 Å². The summed E-state index contributed by atoms with van der Waals surface area (Å²) in [5.74, 6) is 0.311. The summed E-state index contributed by atoms with van der Waals surface area (Å²) in [6, 6.07) is 7.70. The van der Waals surface area contributed by atoms with Gasteiger partial charge in [-0.1, -0.05) is 24.3 Å². The van der Waals surface area contributed by atoms with Crippen LogP contribution in [0.4, 0.5) is 0 Å². The second-order valence-electron chi connectivity index (χ2n) is 5.27. The Labute approximate surface area is 137 Å². The summed E-state index contributed by atoms with van der Waals surface area (Å²) in [6.07, 6.45) is 4.08. The number of esters is 1. The zero-order valence-electron chi connectivity index (χ0n) is 13.3. The summed E-state index contributed by atoms with van der Waals surface area (Å²) in [4.78, 5) is 14.3. The Hall–Kier alpha value is -1.74. The highest BCUT2D eigenvalue weighted by Crippen LogP contribution is 2.30. The molecule has 1 atom stereocenters. The molecule has 1 aromatic carbocycles.